The summed E-state index contributed by atoms with van der Waals surface area (Å²) in [6.07, 6.45) is 7.39. The molecule has 0 bridgehead atoms. The molecule has 6 aromatic carbocycles. The van der Waals surface area contributed by atoms with E-state index in [-0.39, 0.29) is 0 Å². The first-order valence-corrected chi connectivity index (χ1v) is 16.7. The van der Waals surface area contributed by atoms with Gasteiger partial charge in [-0.15, -0.1) is 0 Å². The molecule has 9 rings (SSSR count). The SMILES string of the molecule is c1ccc(-c2nc(-c3cc(-c4ccc(-c5cccnc5)cc4)cc(-c4ccc(-c5cccnc5)cc4)c3)nc3cc4ccccc4cc23)cc1. The van der Waals surface area contributed by atoms with E-state index in [1.165, 1.54) is 5.39 Å². The summed E-state index contributed by atoms with van der Waals surface area (Å²) in [5, 5.41) is 3.36. The molecule has 4 heteroatoms. The molecule has 0 unspecified atom stereocenters. The van der Waals surface area contributed by atoms with Gasteiger partial charge in [-0.3, -0.25) is 9.97 Å². The summed E-state index contributed by atoms with van der Waals surface area (Å²) in [5.41, 5.74) is 12.7. The normalized spacial score (nSPS) is 11.2. The summed E-state index contributed by atoms with van der Waals surface area (Å²) in [4.78, 5) is 19.1. The largest absolute Gasteiger partial charge is 0.264 e. The Balaban J connectivity index is 1.22. The fourth-order valence-electron chi connectivity index (χ4n) is 6.63. The molecule has 0 aliphatic rings. The van der Waals surface area contributed by atoms with Crippen LogP contribution in [0.1, 0.15) is 0 Å². The molecule has 0 atom stereocenters. The number of nitrogens with zero attached hydrogens (tertiary/aromatic N) is 4. The van der Waals surface area contributed by atoms with Crippen molar-refractivity contribution in [3.05, 3.63) is 183 Å². The van der Waals surface area contributed by atoms with Crippen molar-refractivity contribution < 1.29 is 0 Å². The van der Waals surface area contributed by atoms with Gasteiger partial charge in [-0.2, -0.15) is 0 Å². The molecule has 0 fully saturated rings. The zero-order valence-electron chi connectivity index (χ0n) is 27.1. The number of pyridine rings is 2. The molecule has 0 aliphatic carbocycles. The van der Waals surface area contributed by atoms with Gasteiger partial charge in [0.2, 0.25) is 0 Å². The highest BCUT2D eigenvalue weighted by Gasteiger charge is 2.15. The molecule has 0 saturated heterocycles. The van der Waals surface area contributed by atoms with E-state index in [4.69, 9.17) is 9.97 Å². The monoisotopic (exact) mass is 638 g/mol. The van der Waals surface area contributed by atoms with Crippen molar-refractivity contribution in [3.63, 3.8) is 0 Å². The lowest BCUT2D eigenvalue weighted by Gasteiger charge is -2.14. The van der Waals surface area contributed by atoms with Crippen LogP contribution in [-0.4, -0.2) is 19.9 Å². The molecule has 0 N–H and O–H groups in total. The van der Waals surface area contributed by atoms with Crippen LogP contribution in [0.15, 0.2) is 183 Å². The Morgan fingerprint density at radius 2 is 0.800 bits per heavy atom. The highest BCUT2D eigenvalue weighted by molar-refractivity contribution is 6.03. The van der Waals surface area contributed by atoms with Crippen molar-refractivity contribution in [2.24, 2.45) is 0 Å². The second-order valence-corrected chi connectivity index (χ2v) is 12.4. The van der Waals surface area contributed by atoms with Crippen LogP contribution in [0.25, 0.3) is 88.8 Å². The molecule has 234 valence electrons. The molecule has 0 radical (unpaired) electrons. The number of benzene rings is 6. The minimum atomic E-state index is 0.689. The third-order valence-corrected chi connectivity index (χ3v) is 9.23. The van der Waals surface area contributed by atoms with Crippen LogP contribution in [0.4, 0.5) is 0 Å². The fraction of sp³-hybridized carbons (Fsp3) is 0. The quantitative estimate of drug-likeness (QED) is 0.170. The van der Waals surface area contributed by atoms with E-state index < -0.39 is 0 Å². The molecule has 3 heterocycles. The lowest BCUT2D eigenvalue weighted by Crippen LogP contribution is -1.96. The molecule has 4 nitrogen and oxygen atoms in total. The Morgan fingerprint density at radius 3 is 1.34 bits per heavy atom. The van der Waals surface area contributed by atoms with E-state index in [1.807, 2.05) is 30.6 Å². The average molecular weight is 639 g/mol. The van der Waals surface area contributed by atoms with Crippen LogP contribution in [0.3, 0.4) is 0 Å². The van der Waals surface area contributed by atoms with Gasteiger partial charge in [0.1, 0.15) is 0 Å². The lowest BCUT2D eigenvalue weighted by atomic mass is 9.93. The Hall–Kier alpha value is -6.78. The third kappa shape index (κ3) is 5.69. The maximum Gasteiger partial charge on any atom is 0.160 e. The van der Waals surface area contributed by atoms with Gasteiger partial charge in [0.25, 0.3) is 0 Å². The van der Waals surface area contributed by atoms with Gasteiger partial charge in [0.05, 0.1) is 11.2 Å². The van der Waals surface area contributed by atoms with Gasteiger partial charge in [-0.05, 0) is 97.7 Å². The van der Waals surface area contributed by atoms with Gasteiger partial charge in [0, 0.05) is 41.3 Å². The summed E-state index contributed by atoms with van der Waals surface area (Å²) in [7, 11) is 0. The highest BCUT2D eigenvalue weighted by atomic mass is 14.9. The summed E-state index contributed by atoms with van der Waals surface area (Å²) in [6.45, 7) is 0. The van der Waals surface area contributed by atoms with Crippen molar-refractivity contribution in [1.29, 1.82) is 0 Å². The molecular weight excluding hydrogens is 609 g/mol. The zero-order chi connectivity index (χ0) is 33.3. The maximum absolute atomic E-state index is 5.30. The first kappa shape index (κ1) is 29.4. The molecule has 0 spiro atoms. The lowest BCUT2D eigenvalue weighted by molar-refractivity contribution is 1.23. The predicted octanol–water partition coefficient (Wildman–Crippen LogP) is 11.6. The van der Waals surface area contributed by atoms with Crippen molar-refractivity contribution in [3.8, 4) is 67.2 Å². The van der Waals surface area contributed by atoms with Gasteiger partial charge in [0.15, 0.2) is 5.82 Å². The Morgan fingerprint density at radius 1 is 0.320 bits per heavy atom. The van der Waals surface area contributed by atoms with Crippen LogP contribution in [0.5, 0.6) is 0 Å². The number of fused-ring (bicyclic) bond motifs is 2. The van der Waals surface area contributed by atoms with Crippen molar-refractivity contribution in [2.45, 2.75) is 0 Å². The van der Waals surface area contributed by atoms with Crippen molar-refractivity contribution in [1.82, 2.24) is 19.9 Å². The summed E-state index contributed by atoms with van der Waals surface area (Å²) in [6, 6.07) is 55.4. The van der Waals surface area contributed by atoms with Gasteiger partial charge in [-0.1, -0.05) is 115 Å². The minimum Gasteiger partial charge on any atom is -0.264 e. The van der Waals surface area contributed by atoms with E-state index >= 15 is 0 Å². The maximum atomic E-state index is 5.30. The number of hydrogen-bond donors (Lipinski definition) is 0. The van der Waals surface area contributed by atoms with E-state index in [1.54, 1.807) is 12.4 Å². The van der Waals surface area contributed by atoms with Crippen molar-refractivity contribution >= 4 is 21.7 Å². The second kappa shape index (κ2) is 12.7. The summed E-state index contributed by atoms with van der Waals surface area (Å²) in [5.74, 6) is 0.689. The van der Waals surface area contributed by atoms with E-state index in [9.17, 15) is 0 Å². The topological polar surface area (TPSA) is 51.6 Å². The number of aromatic nitrogens is 4. The summed E-state index contributed by atoms with van der Waals surface area (Å²) < 4.78 is 0. The van der Waals surface area contributed by atoms with Crippen LogP contribution < -0.4 is 0 Å². The highest BCUT2D eigenvalue weighted by Crippen LogP contribution is 2.36. The van der Waals surface area contributed by atoms with E-state index in [0.717, 1.165) is 77.6 Å². The fourth-order valence-corrected chi connectivity index (χ4v) is 6.63. The number of hydrogen-bond acceptors (Lipinski definition) is 4. The molecule has 9 aromatic rings. The molecule has 0 amide bonds. The molecule has 0 saturated carbocycles. The first-order valence-electron chi connectivity index (χ1n) is 16.7. The van der Waals surface area contributed by atoms with E-state index in [0.29, 0.717) is 5.82 Å². The van der Waals surface area contributed by atoms with Gasteiger partial charge < -0.3 is 0 Å². The molecule has 0 aliphatic heterocycles. The molecule has 3 aromatic heterocycles. The average Bonchev–Trinajstić information content (AvgIpc) is 3.20. The van der Waals surface area contributed by atoms with Gasteiger partial charge >= 0.3 is 0 Å². The van der Waals surface area contributed by atoms with Crippen molar-refractivity contribution in [2.75, 3.05) is 0 Å². The number of rotatable bonds is 6. The minimum absolute atomic E-state index is 0.689. The van der Waals surface area contributed by atoms with Gasteiger partial charge in [-0.25, -0.2) is 9.97 Å². The third-order valence-electron chi connectivity index (χ3n) is 9.23. The zero-order valence-corrected chi connectivity index (χ0v) is 27.1. The summed E-state index contributed by atoms with van der Waals surface area (Å²) >= 11 is 0. The smallest absolute Gasteiger partial charge is 0.160 e. The van der Waals surface area contributed by atoms with Crippen LogP contribution in [-0.2, 0) is 0 Å². The standard InChI is InChI=1S/C46H30N4/c1-2-8-35(9-3-1)45-43-27-36-10-4-5-11-37(36)28-44(43)49-46(50-45)42-25-40(33-18-14-31(15-19-33)38-12-6-22-47-29-38)24-41(26-42)34-20-16-32(17-21-34)39-13-7-23-48-30-39/h1-30H. The van der Waals surface area contributed by atoms with Crippen LogP contribution in [0, 0.1) is 0 Å². The molecular formula is C46H30N4. The molecule has 50 heavy (non-hydrogen) atoms. The Bertz CT molecular complexity index is 2500. The van der Waals surface area contributed by atoms with Crippen LogP contribution >= 0.6 is 0 Å². The first-order chi connectivity index (χ1) is 24.7. The Labute approximate surface area is 290 Å². The Kier molecular flexibility index (Phi) is 7.45. The predicted molar refractivity (Wildman–Crippen MR) is 205 cm³/mol. The second-order valence-electron chi connectivity index (χ2n) is 12.4. The van der Waals surface area contributed by atoms with Crippen LogP contribution in [0.2, 0.25) is 0 Å². The van der Waals surface area contributed by atoms with E-state index in [2.05, 4.69) is 149 Å².